The Hall–Kier alpha value is -0.420. The van der Waals surface area contributed by atoms with E-state index in [2.05, 4.69) is 39.6 Å². The number of hydrogen-bond acceptors (Lipinski definition) is 4. The number of piperazine rings is 1. The number of rotatable bonds is 4. The second-order valence-corrected chi connectivity index (χ2v) is 7.51. The summed E-state index contributed by atoms with van der Waals surface area (Å²) in [6.45, 7) is 14.9. The van der Waals surface area contributed by atoms with Crippen LogP contribution in [0.3, 0.4) is 0 Å². The summed E-state index contributed by atoms with van der Waals surface area (Å²) in [6.07, 6.45) is 6.41. The van der Waals surface area contributed by atoms with Crippen molar-refractivity contribution in [2.24, 2.45) is 0 Å². The molecule has 0 spiro atoms. The molecular weight excluding hydrogens is 272 g/mol. The molecule has 3 heterocycles. The minimum absolute atomic E-state index is 0.855. The lowest BCUT2D eigenvalue weighted by atomic mass is 10.0. The van der Waals surface area contributed by atoms with Gasteiger partial charge in [0, 0.05) is 58.4 Å². The van der Waals surface area contributed by atoms with Crippen molar-refractivity contribution < 1.29 is 0 Å². The zero-order chi connectivity index (χ0) is 15.4. The summed E-state index contributed by atoms with van der Waals surface area (Å²) < 4.78 is 0. The van der Waals surface area contributed by atoms with Gasteiger partial charge in [-0.25, -0.2) is 0 Å². The molecular formula is C18H34N4. The van der Waals surface area contributed by atoms with Crippen LogP contribution < -0.4 is 0 Å². The van der Waals surface area contributed by atoms with Gasteiger partial charge in [-0.3, -0.25) is 14.7 Å². The Morgan fingerprint density at radius 2 is 1.59 bits per heavy atom. The molecule has 3 aliphatic rings. The van der Waals surface area contributed by atoms with Gasteiger partial charge in [0.25, 0.3) is 0 Å². The van der Waals surface area contributed by atoms with Crippen molar-refractivity contribution in [2.45, 2.75) is 32.2 Å². The van der Waals surface area contributed by atoms with Gasteiger partial charge in [-0.05, 0) is 46.3 Å². The fourth-order valence-corrected chi connectivity index (χ4v) is 4.01. The smallest absolute Gasteiger partial charge is 0.0166 e. The average molecular weight is 306 g/mol. The van der Waals surface area contributed by atoms with Crippen LogP contribution in [0.4, 0.5) is 0 Å². The topological polar surface area (TPSA) is 13.0 Å². The first kappa shape index (κ1) is 16.4. The maximum absolute atomic E-state index is 2.76. The monoisotopic (exact) mass is 306 g/mol. The van der Waals surface area contributed by atoms with E-state index in [9.17, 15) is 0 Å². The molecule has 0 aromatic carbocycles. The third kappa shape index (κ3) is 4.54. The molecule has 2 fully saturated rings. The van der Waals surface area contributed by atoms with E-state index < -0.39 is 0 Å². The van der Waals surface area contributed by atoms with Crippen LogP contribution >= 0.6 is 0 Å². The van der Waals surface area contributed by atoms with Gasteiger partial charge in [-0.1, -0.05) is 11.6 Å². The molecule has 4 nitrogen and oxygen atoms in total. The third-order valence-corrected chi connectivity index (χ3v) is 5.86. The molecule has 0 N–H and O–H groups in total. The van der Waals surface area contributed by atoms with Crippen LogP contribution in [0.15, 0.2) is 11.6 Å². The quantitative estimate of drug-likeness (QED) is 0.727. The number of piperidine rings is 1. The summed E-state index contributed by atoms with van der Waals surface area (Å²) in [5.41, 5.74) is 1.57. The van der Waals surface area contributed by atoms with Crippen molar-refractivity contribution in [1.82, 2.24) is 19.6 Å². The standard InChI is InChI=1S/C18H34N4/c1-17-3-9-20(10-4-17)11-12-21-13-15-22(16-14-21)18-5-7-19(2)8-6-18/h3,18H,4-16H2,1-2H3. The number of nitrogens with zero attached hydrogens (tertiary/aromatic N) is 4. The number of likely N-dealkylation sites (tertiary alicyclic amines) is 1. The highest BCUT2D eigenvalue weighted by Gasteiger charge is 2.26. The Morgan fingerprint density at radius 1 is 0.909 bits per heavy atom. The van der Waals surface area contributed by atoms with Crippen molar-refractivity contribution in [3.63, 3.8) is 0 Å². The SMILES string of the molecule is CC1=CCN(CCN2CCN(C3CCN(C)CC3)CC2)CC1. The maximum Gasteiger partial charge on any atom is 0.0166 e. The van der Waals surface area contributed by atoms with Crippen molar-refractivity contribution in [2.75, 3.05) is 72.5 Å². The fourth-order valence-electron chi connectivity index (χ4n) is 4.01. The van der Waals surface area contributed by atoms with Gasteiger partial charge in [0.15, 0.2) is 0 Å². The van der Waals surface area contributed by atoms with E-state index in [-0.39, 0.29) is 0 Å². The molecule has 0 saturated carbocycles. The fraction of sp³-hybridized carbons (Fsp3) is 0.889. The zero-order valence-electron chi connectivity index (χ0n) is 14.6. The predicted octanol–water partition coefficient (Wildman–Crippen LogP) is 1.35. The summed E-state index contributed by atoms with van der Waals surface area (Å²) >= 11 is 0. The van der Waals surface area contributed by atoms with Crippen molar-refractivity contribution in [3.8, 4) is 0 Å². The summed E-state index contributed by atoms with van der Waals surface area (Å²) in [7, 11) is 2.26. The maximum atomic E-state index is 2.76. The van der Waals surface area contributed by atoms with Gasteiger partial charge in [0.05, 0.1) is 0 Å². The van der Waals surface area contributed by atoms with Crippen LogP contribution in [0.5, 0.6) is 0 Å². The number of hydrogen-bond donors (Lipinski definition) is 0. The molecule has 0 unspecified atom stereocenters. The predicted molar refractivity (Wildman–Crippen MR) is 93.3 cm³/mol. The van der Waals surface area contributed by atoms with E-state index in [0.717, 1.165) is 6.04 Å². The second kappa shape index (κ2) is 7.91. The minimum Gasteiger partial charge on any atom is -0.306 e. The largest absolute Gasteiger partial charge is 0.306 e. The molecule has 0 aliphatic carbocycles. The van der Waals surface area contributed by atoms with Crippen LogP contribution in [0, 0.1) is 0 Å². The van der Waals surface area contributed by atoms with Crippen molar-refractivity contribution in [3.05, 3.63) is 11.6 Å². The molecule has 4 heteroatoms. The van der Waals surface area contributed by atoms with E-state index in [0.29, 0.717) is 0 Å². The van der Waals surface area contributed by atoms with Crippen LogP contribution in [-0.4, -0.2) is 98.1 Å². The summed E-state index contributed by atoms with van der Waals surface area (Å²) in [5, 5.41) is 0. The van der Waals surface area contributed by atoms with Crippen LogP contribution in [0.2, 0.25) is 0 Å². The molecule has 0 bridgehead atoms. The highest BCUT2D eigenvalue weighted by atomic mass is 15.3. The molecule has 126 valence electrons. The lowest BCUT2D eigenvalue weighted by Gasteiger charge is -2.42. The third-order valence-electron chi connectivity index (χ3n) is 5.86. The van der Waals surface area contributed by atoms with Gasteiger partial charge in [-0.2, -0.15) is 0 Å². The van der Waals surface area contributed by atoms with Gasteiger partial charge in [0.2, 0.25) is 0 Å². The van der Waals surface area contributed by atoms with Crippen molar-refractivity contribution >= 4 is 0 Å². The van der Waals surface area contributed by atoms with Gasteiger partial charge in [0.1, 0.15) is 0 Å². The van der Waals surface area contributed by atoms with E-state index >= 15 is 0 Å². The molecule has 22 heavy (non-hydrogen) atoms. The Labute approximate surface area is 136 Å². The first-order valence-electron chi connectivity index (χ1n) is 9.23. The average Bonchev–Trinajstić information content (AvgIpc) is 2.56. The van der Waals surface area contributed by atoms with Gasteiger partial charge in [-0.15, -0.1) is 0 Å². The van der Waals surface area contributed by atoms with E-state index in [1.54, 1.807) is 5.57 Å². The van der Waals surface area contributed by atoms with Crippen molar-refractivity contribution in [1.29, 1.82) is 0 Å². The lowest BCUT2D eigenvalue weighted by molar-refractivity contribution is 0.0607. The highest BCUT2D eigenvalue weighted by Crippen LogP contribution is 2.17. The molecule has 0 radical (unpaired) electrons. The van der Waals surface area contributed by atoms with E-state index in [1.807, 2.05) is 0 Å². The molecule has 3 rings (SSSR count). The second-order valence-electron chi connectivity index (χ2n) is 7.51. The lowest BCUT2D eigenvalue weighted by Crippen LogP contribution is -2.53. The Morgan fingerprint density at radius 3 is 2.23 bits per heavy atom. The first-order valence-corrected chi connectivity index (χ1v) is 9.23. The summed E-state index contributed by atoms with van der Waals surface area (Å²) in [5.74, 6) is 0. The molecule has 3 aliphatic heterocycles. The summed E-state index contributed by atoms with van der Waals surface area (Å²) in [6, 6.07) is 0.855. The Kier molecular flexibility index (Phi) is 5.91. The van der Waals surface area contributed by atoms with Gasteiger partial charge >= 0.3 is 0 Å². The minimum atomic E-state index is 0.855. The van der Waals surface area contributed by atoms with E-state index in [4.69, 9.17) is 0 Å². The summed E-state index contributed by atoms with van der Waals surface area (Å²) in [4.78, 5) is 10.5. The molecule has 2 saturated heterocycles. The zero-order valence-corrected chi connectivity index (χ0v) is 14.6. The van der Waals surface area contributed by atoms with Gasteiger partial charge < -0.3 is 4.90 Å². The molecule has 0 aromatic rings. The van der Waals surface area contributed by atoms with Crippen LogP contribution in [0.1, 0.15) is 26.2 Å². The van der Waals surface area contributed by atoms with E-state index in [1.165, 1.54) is 84.7 Å². The van der Waals surface area contributed by atoms with Crippen LogP contribution in [0.25, 0.3) is 0 Å². The van der Waals surface area contributed by atoms with Crippen LogP contribution in [-0.2, 0) is 0 Å². The Bertz CT molecular complexity index is 365. The normalized spacial score (nSPS) is 28.0. The first-order chi connectivity index (χ1) is 10.7. The molecule has 0 atom stereocenters. The highest BCUT2D eigenvalue weighted by molar-refractivity contribution is 5.03. The molecule has 0 aromatic heterocycles. The molecule has 0 amide bonds. The Balaban J connectivity index is 1.33.